The van der Waals surface area contributed by atoms with E-state index in [0.717, 1.165) is 32.5 Å². The maximum Gasteiger partial charge on any atom is 0.224 e. The van der Waals surface area contributed by atoms with Gasteiger partial charge in [-0.2, -0.15) is 0 Å². The van der Waals surface area contributed by atoms with Crippen molar-refractivity contribution in [1.82, 2.24) is 15.2 Å². The second kappa shape index (κ2) is 4.27. The fourth-order valence-corrected chi connectivity index (χ4v) is 3.54. The minimum absolute atomic E-state index is 0.189. The summed E-state index contributed by atoms with van der Waals surface area (Å²) in [6, 6.07) is 0.361. The molecule has 3 N–H and O–H groups in total. The molecule has 17 heavy (non-hydrogen) atoms. The molecule has 1 aromatic rings. The second-order valence-corrected chi connectivity index (χ2v) is 5.84. The van der Waals surface area contributed by atoms with Crippen molar-refractivity contribution >= 4 is 22.4 Å². The molecule has 1 amide bonds. The van der Waals surface area contributed by atoms with Gasteiger partial charge in [0.25, 0.3) is 0 Å². The monoisotopic (exact) mass is 252 g/mol. The number of nitrogens with zero attached hydrogens (tertiary/aromatic N) is 2. The number of rotatable bonds is 2. The van der Waals surface area contributed by atoms with Crippen LogP contribution >= 0.6 is 11.3 Å². The number of amides is 1. The first kappa shape index (κ1) is 11.0. The van der Waals surface area contributed by atoms with Gasteiger partial charge in [0.1, 0.15) is 0 Å². The number of carbonyl (C=O) groups excluding carboxylic acids is 1. The third kappa shape index (κ3) is 2.02. The van der Waals surface area contributed by atoms with Gasteiger partial charge in [-0.25, -0.2) is 4.98 Å². The molecule has 0 bridgehead atoms. The van der Waals surface area contributed by atoms with E-state index in [1.807, 2.05) is 6.20 Å². The van der Waals surface area contributed by atoms with Gasteiger partial charge in [0.05, 0.1) is 5.92 Å². The molecule has 0 spiro atoms. The summed E-state index contributed by atoms with van der Waals surface area (Å²) in [6.07, 6.45) is 3.97. The zero-order valence-electron chi connectivity index (χ0n) is 9.56. The third-order valence-corrected chi connectivity index (χ3v) is 4.46. The summed E-state index contributed by atoms with van der Waals surface area (Å²) in [6.45, 7) is 2.72. The average molecular weight is 252 g/mol. The van der Waals surface area contributed by atoms with Gasteiger partial charge in [0, 0.05) is 30.2 Å². The Morgan fingerprint density at radius 3 is 3.29 bits per heavy atom. The van der Waals surface area contributed by atoms with Crippen molar-refractivity contribution in [2.24, 2.45) is 5.92 Å². The lowest BCUT2D eigenvalue weighted by Gasteiger charge is -2.35. The molecule has 5 nitrogen and oxygen atoms in total. The highest BCUT2D eigenvalue weighted by Gasteiger charge is 2.40. The van der Waals surface area contributed by atoms with E-state index in [-0.39, 0.29) is 11.8 Å². The molecule has 2 saturated heterocycles. The summed E-state index contributed by atoms with van der Waals surface area (Å²) in [5.74, 6) is 0.414. The van der Waals surface area contributed by atoms with Crippen molar-refractivity contribution in [2.75, 3.05) is 18.8 Å². The van der Waals surface area contributed by atoms with Crippen LogP contribution in [-0.4, -0.2) is 34.9 Å². The third-order valence-electron chi connectivity index (χ3n) is 3.65. The summed E-state index contributed by atoms with van der Waals surface area (Å²) in [7, 11) is 0. The first-order valence-electron chi connectivity index (χ1n) is 5.96. The van der Waals surface area contributed by atoms with Crippen LogP contribution in [0.3, 0.4) is 0 Å². The Labute approximate surface area is 104 Å². The number of nitrogens with one attached hydrogen (secondary N) is 1. The molecule has 0 radical (unpaired) electrons. The van der Waals surface area contributed by atoms with Gasteiger partial charge in [0.2, 0.25) is 5.91 Å². The van der Waals surface area contributed by atoms with E-state index >= 15 is 0 Å². The molecule has 2 atom stereocenters. The normalized spacial score (nSPS) is 29.1. The van der Waals surface area contributed by atoms with Gasteiger partial charge < -0.3 is 11.1 Å². The number of hydrogen-bond acceptors (Lipinski definition) is 5. The quantitative estimate of drug-likeness (QED) is 0.801. The smallest absolute Gasteiger partial charge is 0.224 e. The molecule has 1 aromatic heterocycles. The molecule has 0 aliphatic carbocycles. The van der Waals surface area contributed by atoms with Crippen molar-refractivity contribution in [3.8, 4) is 0 Å². The van der Waals surface area contributed by atoms with E-state index < -0.39 is 0 Å². The molecule has 2 fully saturated rings. The number of nitrogens with two attached hydrogens (primary N) is 1. The summed E-state index contributed by atoms with van der Waals surface area (Å²) in [5.41, 5.74) is 5.63. The molecule has 3 rings (SSSR count). The van der Waals surface area contributed by atoms with Crippen LogP contribution in [0.25, 0.3) is 0 Å². The van der Waals surface area contributed by atoms with Crippen LogP contribution in [0.5, 0.6) is 0 Å². The molecule has 3 heterocycles. The van der Waals surface area contributed by atoms with Gasteiger partial charge in [-0.3, -0.25) is 9.69 Å². The van der Waals surface area contributed by atoms with Crippen LogP contribution in [0.1, 0.15) is 17.7 Å². The number of carbonyl (C=O) groups is 1. The van der Waals surface area contributed by atoms with E-state index in [4.69, 9.17) is 5.73 Å². The first-order chi connectivity index (χ1) is 8.24. The van der Waals surface area contributed by atoms with Crippen molar-refractivity contribution in [2.45, 2.75) is 25.4 Å². The summed E-state index contributed by atoms with van der Waals surface area (Å²) in [5, 5.41) is 3.58. The van der Waals surface area contributed by atoms with Gasteiger partial charge in [-0.15, -0.1) is 11.3 Å². The molecular formula is C11H16N4OS. The Bertz CT molecular complexity index is 433. The van der Waals surface area contributed by atoms with Gasteiger partial charge in [-0.1, -0.05) is 0 Å². The largest absolute Gasteiger partial charge is 0.375 e. The Morgan fingerprint density at radius 2 is 2.53 bits per heavy atom. The van der Waals surface area contributed by atoms with Crippen LogP contribution < -0.4 is 11.1 Å². The molecular weight excluding hydrogens is 236 g/mol. The van der Waals surface area contributed by atoms with Crippen molar-refractivity contribution in [3.63, 3.8) is 0 Å². The summed E-state index contributed by atoms with van der Waals surface area (Å²) in [4.78, 5) is 19.3. The van der Waals surface area contributed by atoms with Gasteiger partial charge in [0.15, 0.2) is 5.13 Å². The fraction of sp³-hybridized carbons (Fsp3) is 0.636. The Hall–Kier alpha value is -1.14. The first-order valence-corrected chi connectivity index (χ1v) is 6.77. The molecule has 2 aliphatic heterocycles. The lowest BCUT2D eigenvalue weighted by molar-refractivity contribution is -0.124. The van der Waals surface area contributed by atoms with Gasteiger partial charge >= 0.3 is 0 Å². The molecule has 92 valence electrons. The fourth-order valence-electron chi connectivity index (χ4n) is 2.83. The Morgan fingerprint density at radius 1 is 1.65 bits per heavy atom. The Balaban J connectivity index is 1.72. The highest BCUT2D eigenvalue weighted by molar-refractivity contribution is 7.15. The van der Waals surface area contributed by atoms with E-state index in [2.05, 4.69) is 15.2 Å². The number of likely N-dealkylation sites (tertiary alicyclic amines) is 1. The van der Waals surface area contributed by atoms with E-state index in [1.54, 1.807) is 0 Å². The van der Waals surface area contributed by atoms with Crippen LogP contribution in [0.2, 0.25) is 0 Å². The zero-order chi connectivity index (χ0) is 11.8. The second-order valence-electron chi connectivity index (χ2n) is 4.70. The molecule has 0 unspecified atom stereocenters. The average Bonchev–Trinajstić information content (AvgIpc) is 2.88. The van der Waals surface area contributed by atoms with Gasteiger partial charge in [-0.05, 0) is 19.4 Å². The van der Waals surface area contributed by atoms with Crippen LogP contribution in [0.4, 0.5) is 5.13 Å². The van der Waals surface area contributed by atoms with Crippen LogP contribution in [0.15, 0.2) is 6.20 Å². The lowest BCUT2D eigenvalue weighted by atomic mass is 9.91. The molecule has 0 aromatic carbocycles. The van der Waals surface area contributed by atoms with Crippen molar-refractivity contribution in [1.29, 1.82) is 0 Å². The maximum absolute atomic E-state index is 11.6. The summed E-state index contributed by atoms with van der Waals surface area (Å²) >= 11 is 1.54. The number of piperidine rings is 1. The standard InChI is InChI=1S/C11H16N4OS/c12-11-14-4-7(17-11)6-15-3-1-2-8-9(15)5-13-10(8)16/h4,8-9H,1-3,5-6H2,(H2,12,14)(H,13,16)/t8-,9-/m1/s1. The number of fused-ring (bicyclic) bond motifs is 1. The highest BCUT2D eigenvalue weighted by Crippen LogP contribution is 2.29. The number of anilines is 1. The van der Waals surface area contributed by atoms with Crippen LogP contribution in [-0.2, 0) is 11.3 Å². The maximum atomic E-state index is 11.6. The molecule has 0 saturated carbocycles. The minimum atomic E-state index is 0.189. The highest BCUT2D eigenvalue weighted by atomic mass is 32.1. The Kier molecular flexibility index (Phi) is 2.76. The SMILES string of the molecule is Nc1ncc(CN2CCC[C@H]3C(=O)NC[C@H]32)s1. The molecule has 2 aliphatic rings. The van der Waals surface area contributed by atoms with Crippen molar-refractivity contribution < 1.29 is 4.79 Å². The minimum Gasteiger partial charge on any atom is -0.375 e. The van der Waals surface area contributed by atoms with Crippen molar-refractivity contribution in [3.05, 3.63) is 11.1 Å². The number of thiazole rings is 1. The van der Waals surface area contributed by atoms with E-state index in [9.17, 15) is 4.79 Å². The predicted molar refractivity (Wildman–Crippen MR) is 66.5 cm³/mol. The predicted octanol–water partition coefficient (Wildman–Crippen LogP) is 0.436. The number of nitrogen functional groups attached to an aromatic ring is 1. The number of hydrogen-bond donors (Lipinski definition) is 2. The molecule has 6 heteroatoms. The van der Waals surface area contributed by atoms with E-state index in [1.165, 1.54) is 16.2 Å². The topological polar surface area (TPSA) is 71.2 Å². The van der Waals surface area contributed by atoms with E-state index in [0.29, 0.717) is 11.2 Å². The van der Waals surface area contributed by atoms with Crippen LogP contribution in [0, 0.1) is 5.92 Å². The number of aromatic nitrogens is 1. The lowest BCUT2D eigenvalue weighted by Crippen LogP contribution is -2.44. The zero-order valence-corrected chi connectivity index (χ0v) is 10.4. The summed E-state index contributed by atoms with van der Waals surface area (Å²) < 4.78 is 0.